The molecule has 1 N–H and O–H groups in total. The standard InChI is InChI=1S/C6H12NO2S/c1-10(8,9)6-3-2-4-7-5-6/h2,6-7H,3-5H2,1H3. The second-order valence-corrected chi connectivity index (χ2v) is 4.96. The maximum absolute atomic E-state index is 10.9. The molecule has 0 aliphatic carbocycles. The average molecular weight is 162 g/mol. The molecule has 0 saturated carbocycles. The van der Waals surface area contributed by atoms with E-state index in [2.05, 4.69) is 5.32 Å². The van der Waals surface area contributed by atoms with Crippen LogP contribution >= 0.6 is 0 Å². The van der Waals surface area contributed by atoms with E-state index in [1.54, 1.807) is 0 Å². The van der Waals surface area contributed by atoms with Crippen molar-refractivity contribution in [2.24, 2.45) is 0 Å². The number of piperidine rings is 1. The third kappa shape index (κ3) is 1.95. The van der Waals surface area contributed by atoms with E-state index in [-0.39, 0.29) is 5.25 Å². The van der Waals surface area contributed by atoms with Gasteiger partial charge in [0.15, 0.2) is 9.84 Å². The van der Waals surface area contributed by atoms with Gasteiger partial charge in [-0.15, -0.1) is 0 Å². The van der Waals surface area contributed by atoms with Crippen LogP contribution in [0.25, 0.3) is 0 Å². The van der Waals surface area contributed by atoms with Crippen LogP contribution in [0.1, 0.15) is 6.42 Å². The van der Waals surface area contributed by atoms with Crippen molar-refractivity contribution in [1.82, 2.24) is 5.32 Å². The molecule has 1 unspecified atom stereocenters. The van der Waals surface area contributed by atoms with E-state index in [0.717, 1.165) is 6.54 Å². The molecule has 0 amide bonds. The molecular weight excluding hydrogens is 150 g/mol. The van der Waals surface area contributed by atoms with Crippen LogP contribution in [-0.2, 0) is 9.84 Å². The molecule has 1 aliphatic heterocycles. The summed E-state index contributed by atoms with van der Waals surface area (Å²) in [7, 11) is -2.82. The lowest BCUT2D eigenvalue weighted by Gasteiger charge is -2.20. The predicted octanol–water partition coefficient (Wildman–Crippen LogP) is -0.403. The van der Waals surface area contributed by atoms with Crippen LogP contribution in [0.3, 0.4) is 0 Å². The monoisotopic (exact) mass is 162 g/mol. The highest BCUT2D eigenvalue weighted by Gasteiger charge is 2.22. The zero-order valence-electron chi connectivity index (χ0n) is 6.00. The van der Waals surface area contributed by atoms with Crippen molar-refractivity contribution in [2.45, 2.75) is 11.7 Å². The molecule has 4 heteroatoms. The van der Waals surface area contributed by atoms with Crippen LogP contribution in [0.15, 0.2) is 0 Å². The smallest absolute Gasteiger partial charge is 0.151 e. The molecule has 0 bridgehead atoms. The van der Waals surface area contributed by atoms with Crippen molar-refractivity contribution in [3.05, 3.63) is 6.42 Å². The molecule has 1 saturated heterocycles. The lowest BCUT2D eigenvalue weighted by molar-refractivity contribution is 0.548. The SMILES string of the molecule is CS(=O)(=O)C1C[CH]CNC1. The fourth-order valence-electron chi connectivity index (χ4n) is 1.03. The Labute approximate surface area is 61.7 Å². The van der Waals surface area contributed by atoms with E-state index in [1.807, 2.05) is 6.42 Å². The molecule has 1 rings (SSSR count). The molecule has 1 atom stereocenters. The third-order valence-electron chi connectivity index (χ3n) is 1.70. The van der Waals surface area contributed by atoms with E-state index >= 15 is 0 Å². The Morgan fingerprint density at radius 1 is 1.60 bits per heavy atom. The average Bonchev–Trinajstić information content (AvgIpc) is 1.88. The van der Waals surface area contributed by atoms with Gasteiger partial charge in [-0.25, -0.2) is 8.42 Å². The van der Waals surface area contributed by atoms with E-state index in [4.69, 9.17) is 0 Å². The van der Waals surface area contributed by atoms with Gasteiger partial charge in [-0.3, -0.25) is 0 Å². The first-order valence-corrected chi connectivity index (χ1v) is 5.27. The number of nitrogens with one attached hydrogen (secondary N) is 1. The van der Waals surface area contributed by atoms with Crippen LogP contribution in [-0.4, -0.2) is 33.0 Å². The summed E-state index contributed by atoms with van der Waals surface area (Å²) in [6.45, 7) is 1.45. The normalized spacial score (nSPS) is 28.3. The van der Waals surface area contributed by atoms with E-state index in [9.17, 15) is 8.42 Å². The molecule has 0 aromatic heterocycles. The van der Waals surface area contributed by atoms with Crippen LogP contribution in [0.5, 0.6) is 0 Å². The molecule has 59 valence electrons. The summed E-state index contributed by atoms with van der Waals surface area (Å²) < 4.78 is 21.9. The Hall–Kier alpha value is -0.0900. The molecule has 10 heavy (non-hydrogen) atoms. The van der Waals surface area contributed by atoms with Crippen molar-refractivity contribution in [1.29, 1.82) is 0 Å². The Kier molecular flexibility index (Phi) is 2.31. The maximum Gasteiger partial charge on any atom is 0.151 e. The third-order valence-corrected chi connectivity index (χ3v) is 3.27. The van der Waals surface area contributed by atoms with Crippen molar-refractivity contribution in [3.8, 4) is 0 Å². The summed E-state index contributed by atoms with van der Waals surface area (Å²) in [6.07, 6.45) is 3.96. The topological polar surface area (TPSA) is 46.2 Å². The van der Waals surface area contributed by atoms with Gasteiger partial charge >= 0.3 is 0 Å². The van der Waals surface area contributed by atoms with E-state index in [0.29, 0.717) is 13.0 Å². The first-order chi connectivity index (χ1) is 4.61. The van der Waals surface area contributed by atoms with Crippen molar-refractivity contribution >= 4 is 9.84 Å². The summed E-state index contributed by atoms with van der Waals surface area (Å²) in [4.78, 5) is 0. The predicted molar refractivity (Wildman–Crippen MR) is 40.4 cm³/mol. The van der Waals surface area contributed by atoms with Gasteiger partial charge in [0.1, 0.15) is 0 Å². The molecule has 1 fully saturated rings. The minimum Gasteiger partial charge on any atom is -0.315 e. The molecule has 1 heterocycles. The van der Waals surface area contributed by atoms with E-state index < -0.39 is 9.84 Å². The summed E-state index contributed by atoms with van der Waals surface area (Å²) in [5.41, 5.74) is 0. The first-order valence-electron chi connectivity index (χ1n) is 3.32. The van der Waals surface area contributed by atoms with E-state index in [1.165, 1.54) is 6.26 Å². The lowest BCUT2D eigenvalue weighted by atomic mass is 10.2. The molecule has 0 spiro atoms. The molecule has 3 nitrogen and oxygen atoms in total. The van der Waals surface area contributed by atoms with Crippen LogP contribution < -0.4 is 5.32 Å². The number of sulfone groups is 1. The van der Waals surface area contributed by atoms with Crippen LogP contribution in [0.4, 0.5) is 0 Å². The van der Waals surface area contributed by atoms with Gasteiger partial charge in [0.05, 0.1) is 5.25 Å². The van der Waals surface area contributed by atoms with Crippen molar-refractivity contribution in [2.75, 3.05) is 19.3 Å². The van der Waals surface area contributed by atoms with Gasteiger partial charge < -0.3 is 5.32 Å². The number of hydrogen-bond acceptors (Lipinski definition) is 3. The van der Waals surface area contributed by atoms with Gasteiger partial charge in [-0.05, 0) is 19.4 Å². The molecular formula is C6H12NO2S. The minimum absolute atomic E-state index is 0.193. The highest BCUT2D eigenvalue weighted by molar-refractivity contribution is 7.91. The molecule has 0 aromatic carbocycles. The lowest BCUT2D eigenvalue weighted by Crippen LogP contribution is -2.38. The van der Waals surface area contributed by atoms with Crippen molar-refractivity contribution < 1.29 is 8.42 Å². The van der Waals surface area contributed by atoms with Gasteiger partial charge in [-0.2, -0.15) is 0 Å². The quantitative estimate of drug-likeness (QED) is 0.570. The zero-order chi connectivity index (χ0) is 7.61. The Balaban J connectivity index is 2.56. The largest absolute Gasteiger partial charge is 0.315 e. The summed E-state index contributed by atoms with van der Waals surface area (Å²) in [5.74, 6) is 0. The summed E-state index contributed by atoms with van der Waals surface area (Å²) >= 11 is 0. The minimum atomic E-state index is -2.82. The second kappa shape index (κ2) is 2.88. The maximum atomic E-state index is 10.9. The fourth-order valence-corrected chi connectivity index (χ4v) is 1.93. The molecule has 1 radical (unpaired) electrons. The van der Waals surface area contributed by atoms with Gasteiger partial charge in [-0.1, -0.05) is 0 Å². The van der Waals surface area contributed by atoms with Crippen molar-refractivity contribution in [3.63, 3.8) is 0 Å². The Bertz CT molecular complexity index is 192. The molecule has 0 aromatic rings. The highest BCUT2D eigenvalue weighted by atomic mass is 32.2. The van der Waals surface area contributed by atoms with Gasteiger partial charge in [0.25, 0.3) is 0 Å². The summed E-state index contributed by atoms with van der Waals surface area (Å²) in [5, 5.41) is 2.81. The van der Waals surface area contributed by atoms with Gasteiger partial charge in [0.2, 0.25) is 0 Å². The van der Waals surface area contributed by atoms with Crippen LogP contribution in [0, 0.1) is 6.42 Å². The first kappa shape index (κ1) is 8.01. The zero-order valence-corrected chi connectivity index (χ0v) is 6.82. The number of rotatable bonds is 1. The Morgan fingerprint density at radius 2 is 2.30 bits per heavy atom. The summed E-state index contributed by atoms with van der Waals surface area (Å²) in [6, 6.07) is 0. The molecule has 1 aliphatic rings. The highest BCUT2D eigenvalue weighted by Crippen LogP contribution is 2.08. The van der Waals surface area contributed by atoms with Crippen LogP contribution in [0.2, 0.25) is 0 Å². The van der Waals surface area contributed by atoms with Gasteiger partial charge in [0, 0.05) is 12.8 Å². The Morgan fingerprint density at radius 3 is 2.60 bits per heavy atom. The number of hydrogen-bond donors (Lipinski definition) is 1. The fraction of sp³-hybridized carbons (Fsp3) is 0.833. The second-order valence-electron chi connectivity index (χ2n) is 2.63.